The summed E-state index contributed by atoms with van der Waals surface area (Å²) < 4.78 is 1.12. The van der Waals surface area contributed by atoms with E-state index < -0.39 is 0 Å². The number of nitro benzene ring substituents is 1. The van der Waals surface area contributed by atoms with Crippen molar-refractivity contribution in [3.05, 3.63) is 68.7 Å². The van der Waals surface area contributed by atoms with Gasteiger partial charge in [0, 0.05) is 28.3 Å². The average Bonchev–Trinajstić information content (AvgIpc) is 2.43. The van der Waals surface area contributed by atoms with Gasteiger partial charge in [0.1, 0.15) is 0 Å². The molecule has 21 heavy (non-hydrogen) atoms. The zero-order valence-corrected chi connectivity index (χ0v) is 12.9. The SMILES string of the molecule is O=[N+]([O-])c1ccc(NC2CC(c3cccc(Br)c3)C2)cc1. The quantitative estimate of drug-likeness (QED) is 0.643. The van der Waals surface area contributed by atoms with Gasteiger partial charge < -0.3 is 5.32 Å². The van der Waals surface area contributed by atoms with E-state index in [2.05, 4.69) is 39.4 Å². The number of anilines is 1. The fourth-order valence-electron chi connectivity index (χ4n) is 2.68. The lowest BCUT2D eigenvalue weighted by molar-refractivity contribution is -0.384. The van der Waals surface area contributed by atoms with Crippen LogP contribution in [0.4, 0.5) is 11.4 Å². The Labute approximate surface area is 131 Å². The summed E-state index contributed by atoms with van der Waals surface area (Å²) in [5, 5.41) is 14.0. The van der Waals surface area contributed by atoms with E-state index in [1.807, 2.05) is 6.07 Å². The lowest BCUT2D eigenvalue weighted by atomic mass is 9.76. The molecular weight excluding hydrogens is 332 g/mol. The maximum Gasteiger partial charge on any atom is 0.269 e. The number of rotatable bonds is 4. The summed E-state index contributed by atoms with van der Waals surface area (Å²) in [7, 11) is 0. The molecule has 0 aliphatic heterocycles. The van der Waals surface area contributed by atoms with E-state index in [-0.39, 0.29) is 10.6 Å². The fourth-order valence-corrected chi connectivity index (χ4v) is 3.10. The van der Waals surface area contributed by atoms with Gasteiger partial charge in [-0.25, -0.2) is 0 Å². The van der Waals surface area contributed by atoms with Crippen LogP contribution < -0.4 is 5.32 Å². The molecule has 1 saturated carbocycles. The summed E-state index contributed by atoms with van der Waals surface area (Å²) in [4.78, 5) is 10.2. The topological polar surface area (TPSA) is 55.2 Å². The molecule has 2 aromatic carbocycles. The van der Waals surface area contributed by atoms with E-state index in [0.717, 1.165) is 23.0 Å². The first-order valence-corrected chi connectivity index (χ1v) is 7.67. The van der Waals surface area contributed by atoms with Crippen molar-refractivity contribution in [3.63, 3.8) is 0 Å². The van der Waals surface area contributed by atoms with Gasteiger partial charge in [0.25, 0.3) is 5.69 Å². The van der Waals surface area contributed by atoms with E-state index in [9.17, 15) is 10.1 Å². The van der Waals surface area contributed by atoms with E-state index >= 15 is 0 Å². The summed E-state index contributed by atoms with van der Waals surface area (Å²) in [5.41, 5.74) is 2.44. The van der Waals surface area contributed by atoms with Crippen molar-refractivity contribution in [1.29, 1.82) is 0 Å². The lowest BCUT2D eigenvalue weighted by Crippen LogP contribution is -2.33. The molecule has 0 aromatic heterocycles. The van der Waals surface area contributed by atoms with Gasteiger partial charge in [0.15, 0.2) is 0 Å². The van der Waals surface area contributed by atoms with E-state index in [4.69, 9.17) is 0 Å². The molecule has 0 amide bonds. The Morgan fingerprint density at radius 2 is 1.86 bits per heavy atom. The molecule has 0 radical (unpaired) electrons. The van der Waals surface area contributed by atoms with Crippen LogP contribution in [-0.4, -0.2) is 11.0 Å². The number of hydrogen-bond donors (Lipinski definition) is 1. The normalized spacial score (nSPS) is 20.6. The molecule has 0 bridgehead atoms. The minimum absolute atomic E-state index is 0.126. The summed E-state index contributed by atoms with van der Waals surface area (Å²) in [6.45, 7) is 0. The second-order valence-corrected chi connectivity index (χ2v) is 6.28. The molecule has 5 heteroatoms. The van der Waals surface area contributed by atoms with Gasteiger partial charge in [0.2, 0.25) is 0 Å². The smallest absolute Gasteiger partial charge is 0.269 e. The molecule has 1 fully saturated rings. The molecule has 0 spiro atoms. The highest BCUT2D eigenvalue weighted by Gasteiger charge is 2.30. The molecule has 1 aliphatic rings. The van der Waals surface area contributed by atoms with Crippen LogP contribution in [0.5, 0.6) is 0 Å². The standard InChI is InChI=1S/C16H15BrN2O2/c17-13-3-1-2-11(8-13)12-9-15(10-12)18-14-4-6-16(7-5-14)19(20)21/h1-8,12,15,18H,9-10H2. The highest BCUT2D eigenvalue weighted by atomic mass is 79.9. The zero-order valence-electron chi connectivity index (χ0n) is 11.3. The number of benzene rings is 2. The fraction of sp³-hybridized carbons (Fsp3) is 0.250. The third-order valence-electron chi connectivity index (χ3n) is 3.91. The third-order valence-corrected chi connectivity index (χ3v) is 4.40. The van der Waals surface area contributed by atoms with Gasteiger partial charge >= 0.3 is 0 Å². The van der Waals surface area contributed by atoms with E-state index in [0.29, 0.717) is 12.0 Å². The van der Waals surface area contributed by atoms with Crippen LogP contribution in [0.15, 0.2) is 53.0 Å². The molecule has 4 nitrogen and oxygen atoms in total. The van der Waals surface area contributed by atoms with Crippen molar-refractivity contribution in [3.8, 4) is 0 Å². The van der Waals surface area contributed by atoms with Gasteiger partial charge in [-0.05, 0) is 48.6 Å². The molecule has 108 valence electrons. The number of halogens is 1. The second-order valence-electron chi connectivity index (χ2n) is 5.37. The summed E-state index contributed by atoms with van der Waals surface area (Å²) in [6, 6.07) is 15.5. The molecule has 0 unspecified atom stereocenters. The molecule has 0 atom stereocenters. The van der Waals surface area contributed by atoms with E-state index in [1.54, 1.807) is 12.1 Å². The first-order chi connectivity index (χ1) is 10.1. The van der Waals surface area contributed by atoms with Crippen LogP contribution in [0.2, 0.25) is 0 Å². The molecule has 3 rings (SSSR count). The first-order valence-electron chi connectivity index (χ1n) is 6.88. The van der Waals surface area contributed by atoms with Gasteiger partial charge in [-0.2, -0.15) is 0 Å². The minimum atomic E-state index is -0.379. The summed E-state index contributed by atoms with van der Waals surface area (Å²) >= 11 is 3.50. The van der Waals surface area contributed by atoms with Crippen molar-refractivity contribution in [1.82, 2.24) is 0 Å². The Hall–Kier alpha value is -1.88. The van der Waals surface area contributed by atoms with Gasteiger partial charge in [0.05, 0.1) is 4.92 Å². The predicted molar refractivity (Wildman–Crippen MR) is 86.6 cm³/mol. The maximum absolute atomic E-state index is 10.6. The van der Waals surface area contributed by atoms with Crippen molar-refractivity contribution in [2.75, 3.05) is 5.32 Å². The number of non-ortho nitro benzene ring substituents is 1. The van der Waals surface area contributed by atoms with Crippen LogP contribution in [0, 0.1) is 10.1 Å². The Morgan fingerprint density at radius 1 is 1.14 bits per heavy atom. The number of hydrogen-bond acceptors (Lipinski definition) is 3. The highest BCUT2D eigenvalue weighted by molar-refractivity contribution is 9.10. The maximum atomic E-state index is 10.6. The number of nitro groups is 1. The summed E-state index contributed by atoms with van der Waals surface area (Å²) in [6.07, 6.45) is 2.18. The molecular formula is C16H15BrN2O2. The Balaban J connectivity index is 1.56. The molecule has 2 aromatic rings. The Kier molecular flexibility index (Phi) is 3.92. The minimum Gasteiger partial charge on any atom is -0.382 e. The highest BCUT2D eigenvalue weighted by Crippen LogP contribution is 2.39. The molecule has 0 heterocycles. The van der Waals surface area contributed by atoms with Crippen LogP contribution in [-0.2, 0) is 0 Å². The third kappa shape index (κ3) is 3.24. The average molecular weight is 347 g/mol. The predicted octanol–water partition coefficient (Wildman–Crippen LogP) is 4.72. The first kappa shape index (κ1) is 14.1. The van der Waals surface area contributed by atoms with Gasteiger partial charge in [-0.15, -0.1) is 0 Å². The van der Waals surface area contributed by atoms with Crippen molar-refractivity contribution >= 4 is 27.3 Å². The van der Waals surface area contributed by atoms with Crippen molar-refractivity contribution in [2.45, 2.75) is 24.8 Å². The monoisotopic (exact) mass is 346 g/mol. The van der Waals surface area contributed by atoms with Crippen LogP contribution in [0.1, 0.15) is 24.3 Å². The summed E-state index contributed by atoms with van der Waals surface area (Å²) in [5.74, 6) is 0.595. The largest absolute Gasteiger partial charge is 0.382 e. The van der Waals surface area contributed by atoms with Crippen molar-refractivity contribution in [2.24, 2.45) is 0 Å². The second kappa shape index (κ2) is 5.85. The zero-order chi connectivity index (χ0) is 14.8. The van der Waals surface area contributed by atoms with Crippen LogP contribution in [0.25, 0.3) is 0 Å². The lowest BCUT2D eigenvalue weighted by Gasteiger charge is -2.37. The van der Waals surface area contributed by atoms with Gasteiger partial charge in [-0.1, -0.05) is 28.1 Å². The van der Waals surface area contributed by atoms with Gasteiger partial charge in [-0.3, -0.25) is 10.1 Å². The molecule has 1 N–H and O–H groups in total. The Bertz CT molecular complexity index is 652. The van der Waals surface area contributed by atoms with Crippen LogP contribution >= 0.6 is 15.9 Å². The molecule has 1 aliphatic carbocycles. The van der Waals surface area contributed by atoms with Crippen molar-refractivity contribution < 1.29 is 4.92 Å². The Morgan fingerprint density at radius 3 is 2.48 bits per heavy atom. The number of nitrogens with zero attached hydrogens (tertiary/aromatic N) is 1. The van der Waals surface area contributed by atoms with Crippen LogP contribution in [0.3, 0.4) is 0 Å². The number of nitrogens with one attached hydrogen (secondary N) is 1. The van der Waals surface area contributed by atoms with E-state index in [1.165, 1.54) is 17.7 Å². The molecule has 0 saturated heterocycles.